The molecule has 0 aliphatic rings. The number of likely N-dealkylation sites (N-methyl/N-ethyl adjacent to an activating group) is 1. The maximum Gasteiger partial charge on any atom is 0.340 e. The van der Waals surface area contributed by atoms with Crippen LogP contribution in [0.1, 0.15) is 10.4 Å². The summed E-state index contributed by atoms with van der Waals surface area (Å²) in [4.78, 5) is 23.3. The van der Waals surface area contributed by atoms with Crippen LogP contribution < -0.4 is 10.0 Å². The normalized spacial score (nSPS) is 10.8. The quantitative estimate of drug-likeness (QED) is 0.744. The van der Waals surface area contributed by atoms with E-state index in [0.717, 1.165) is 0 Å². The molecule has 0 saturated heterocycles. The molecule has 0 aliphatic carbocycles. The van der Waals surface area contributed by atoms with Crippen LogP contribution in [0.15, 0.2) is 53.4 Å². The van der Waals surface area contributed by atoms with E-state index in [1.165, 1.54) is 43.4 Å². The van der Waals surface area contributed by atoms with E-state index in [2.05, 4.69) is 10.0 Å². The number of rotatable bonds is 6. The molecule has 25 heavy (non-hydrogen) atoms. The third kappa shape index (κ3) is 4.94. The van der Waals surface area contributed by atoms with Gasteiger partial charge in [-0.3, -0.25) is 9.52 Å². The zero-order chi connectivity index (χ0) is 18.4. The molecule has 0 atom stereocenters. The van der Waals surface area contributed by atoms with Crippen molar-refractivity contribution in [1.29, 1.82) is 0 Å². The SMILES string of the molecule is CNC(=O)COC(=O)c1ccccc1NS(=O)(=O)c1ccc(Cl)cc1. The predicted molar refractivity (Wildman–Crippen MR) is 93.1 cm³/mol. The lowest BCUT2D eigenvalue weighted by Gasteiger charge is -2.12. The molecule has 0 fully saturated rings. The number of ether oxygens (including phenoxy) is 1. The van der Waals surface area contributed by atoms with Crippen molar-refractivity contribution in [1.82, 2.24) is 5.32 Å². The first kappa shape index (κ1) is 18.8. The fourth-order valence-corrected chi connectivity index (χ4v) is 3.05. The van der Waals surface area contributed by atoms with Gasteiger partial charge >= 0.3 is 5.97 Å². The Bertz CT molecular complexity index is 882. The molecule has 9 heteroatoms. The molecule has 0 unspecified atom stereocenters. The molecule has 0 spiro atoms. The highest BCUT2D eigenvalue weighted by atomic mass is 35.5. The van der Waals surface area contributed by atoms with Gasteiger partial charge in [-0.25, -0.2) is 13.2 Å². The molecule has 0 heterocycles. The van der Waals surface area contributed by atoms with Crippen molar-refractivity contribution in [2.45, 2.75) is 4.90 Å². The fraction of sp³-hybridized carbons (Fsp3) is 0.125. The van der Waals surface area contributed by atoms with Crippen molar-refractivity contribution < 1.29 is 22.7 Å². The molecular formula is C16H15ClN2O5S. The molecule has 0 saturated carbocycles. The summed E-state index contributed by atoms with van der Waals surface area (Å²) in [5.74, 6) is -1.30. The minimum atomic E-state index is -3.92. The molecule has 2 rings (SSSR count). The van der Waals surface area contributed by atoms with E-state index in [1.54, 1.807) is 12.1 Å². The number of nitrogens with one attached hydrogen (secondary N) is 2. The Hall–Kier alpha value is -2.58. The Morgan fingerprint density at radius 1 is 1.08 bits per heavy atom. The van der Waals surface area contributed by atoms with Gasteiger partial charge in [0.25, 0.3) is 15.9 Å². The minimum Gasteiger partial charge on any atom is -0.452 e. The van der Waals surface area contributed by atoms with Gasteiger partial charge < -0.3 is 10.1 Å². The summed E-state index contributed by atoms with van der Waals surface area (Å²) in [5.41, 5.74) is 0.0308. The molecule has 2 N–H and O–H groups in total. The largest absolute Gasteiger partial charge is 0.452 e. The zero-order valence-electron chi connectivity index (χ0n) is 13.2. The number of hydrogen-bond acceptors (Lipinski definition) is 5. The first-order valence-corrected chi connectivity index (χ1v) is 8.95. The smallest absolute Gasteiger partial charge is 0.340 e. The maximum atomic E-state index is 12.4. The molecule has 2 aromatic carbocycles. The van der Waals surface area contributed by atoms with E-state index < -0.39 is 28.5 Å². The van der Waals surface area contributed by atoms with Gasteiger partial charge in [-0.1, -0.05) is 23.7 Å². The van der Waals surface area contributed by atoms with Gasteiger partial charge in [-0.15, -0.1) is 0 Å². The number of carbonyl (C=O) groups excluding carboxylic acids is 2. The van der Waals surface area contributed by atoms with Crippen LogP contribution in [0.5, 0.6) is 0 Å². The van der Waals surface area contributed by atoms with Gasteiger partial charge in [-0.05, 0) is 36.4 Å². The topological polar surface area (TPSA) is 102 Å². The van der Waals surface area contributed by atoms with Crippen molar-refractivity contribution in [2.75, 3.05) is 18.4 Å². The van der Waals surface area contributed by atoms with E-state index in [0.29, 0.717) is 5.02 Å². The monoisotopic (exact) mass is 382 g/mol. The predicted octanol–water partition coefficient (Wildman–Crippen LogP) is 2.04. The third-order valence-corrected chi connectivity index (χ3v) is 4.76. The van der Waals surface area contributed by atoms with E-state index in [1.807, 2.05) is 0 Å². The van der Waals surface area contributed by atoms with Crippen LogP contribution in [-0.4, -0.2) is 33.9 Å². The standard InChI is InChI=1S/C16H15ClN2O5S/c1-18-15(20)10-24-16(21)13-4-2-3-5-14(13)19-25(22,23)12-8-6-11(17)7-9-12/h2-9,19H,10H2,1H3,(H,18,20). The van der Waals surface area contributed by atoms with Gasteiger partial charge in [0, 0.05) is 12.1 Å². The lowest BCUT2D eigenvalue weighted by molar-refractivity contribution is -0.123. The Morgan fingerprint density at radius 3 is 2.36 bits per heavy atom. The Labute approximate surface area is 150 Å². The van der Waals surface area contributed by atoms with Gasteiger partial charge in [0.1, 0.15) is 0 Å². The summed E-state index contributed by atoms with van der Waals surface area (Å²) < 4.78 is 32.0. The number of carbonyl (C=O) groups is 2. The van der Waals surface area contributed by atoms with Crippen molar-refractivity contribution in [2.24, 2.45) is 0 Å². The Morgan fingerprint density at radius 2 is 1.72 bits per heavy atom. The number of benzene rings is 2. The number of sulfonamides is 1. The fourth-order valence-electron chi connectivity index (χ4n) is 1.85. The molecule has 7 nitrogen and oxygen atoms in total. The summed E-state index contributed by atoms with van der Waals surface area (Å²) in [6.45, 7) is -0.465. The van der Waals surface area contributed by atoms with Gasteiger partial charge in [0.2, 0.25) is 0 Å². The molecule has 0 aromatic heterocycles. The second-order valence-electron chi connectivity index (χ2n) is 4.85. The van der Waals surface area contributed by atoms with Gasteiger partial charge in [0.05, 0.1) is 16.1 Å². The lowest BCUT2D eigenvalue weighted by Crippen LogP contribution is -2.25. The summed E-state index contributed by atoms with van der Waals surface area (Å²) in [7, 11) is -2.51. The van der Waals surface area contributed by atoms with E-state index in [9.17, 15) is 18.0 Å². The van der Waals surface area contributed by atoms with Crippen LogP contribution in [0.3, 0.4) is 0 Å². The first-order chi connectivity index (χ1) is 11.8. The van der Waals surface area contributed by atoms with Crippen LogP contribution in [0.25, 0.3) is 0 Å². The molecule has 132 valence electrons. The van der Waals surface area contributed by atoms with Crippen LogP contribution in [0.2, 0.25) is 5.02 Å². The molecule has 1 amide bonds. The van der Waals surface area contributed by atoms with E-state index >= 15 is 0 Å². The lowest BCUT2D eigenvalue weighted by atomic mass is 10.2. The Kier molecular flexibility index (Phi) is 6.00. The van der Waals surface area contributed by atoms with Gasteiger partial charge in [-0.2, -0.15) is 0 Å². The number of para-hydroxylation sites is 1. The van der Waals surface area contributed by atoms with Crippen molar-refractivity contribution in [3.8, 4) is 0 Å². The van der Waals surface area contributed by atoms with Gasteiger partial charge in [0.15, 0.2) is 6.61 Å². The molecule has 0 bridgehead atoms. The van der Waals surface area contributed by atoms with Crippen molar-refractivity contribution >= 4 is 39.2 Å². The van der Waals surface area contributed by atoms with Crippen molar-refractivity contribution in [3.05, 3.63) is 59.1 Å². The van der Waals surface area contributed by atoms with E-state index in [-0.39, 0.29) is 16.1 Å². The number of anilines is 1. The maximum absolute atomic E-state index is 12.4. The summed E-state index contributed by atoms with van der Waals surface area (Å²) >= 11 is 5.75. The average molecular weight is 383 g/mol. The average Bonchev–Trinajstić information content (AvgIpc) is 2.59. The van der Waals surface area contributed by atoms with Crippen LogP contribution >= 0.6 is 11.6 Å². The number of esters is 1. The highest BCUT2D eigenvalue weighted by Gasteiger charge is 2.19. The number of amides is 1. The molecule has 2 aromatic rings. The second-order valence-corrected chi connectivity index (χ2v) is 6.97. The van der Waals surface area contributed by atoms with Crippen LogP contribution in [0, 0.1) is 0 Å². The van der Waals surface area contributed by atoms with E-state index in [4.69, 9.17) is 16.3 Å². The minimum absolute atomic E-state index is 0.00886. The summed E-state index contributed by atoms with van der Waals surface area (Å²) in [5, 5.41) is 2.71. The van der Waals surface area contributed by atoms with Crippen LogP contribution in [-0.2, 0) is 19.6 Å². The molecular weight excluding hydrogens is 368 g/mol. The highest BCUT2D eigenvalue weighted by Crippen LogP contribution is 2.22. The van der Waals surface area contributed by atoms with Crippen molar-refractivity contribution in [3.63, 3.8) is 0 Å². The number of halogens is 1. The molecule has 0 aliphatic heterocycles. The summed E-state index contributed by atoms with van der Waals surface area (Å²) in [6, 6.07) is 11.5. The Balaban J connectivity index is 2.24. The molecule has 0 radical (unpaired) electrons. The highest BCUT2D eigenvalue weighted by molar-refractivity contribution is 7.92. The number of hydrogen-bond donors (Lipinski definition) is 2. The summed E-state index contributed by atoms with van der Waals surface area (Å²) in [6.07, 6.45) is 0. The third-order valence-electron chi connectivity index (χ3n) is 3.13. The second kappa shape index (κ2) is 8.00. The van der Waals surface area contributed by atoms with Crippen LogP contribution in [0.4, 0.5) is 5.69 Å². The zero-order valence-corrected chi connectivity index (χ0v) is 14.7. The first-order valence-electron chi connectivity index (χ1n) is 7.08.